The number of anilines is 1. The first kappa shape index (κ1) is 18.0. The Hall–Kier alpha value is -2.38. The molecule has 1 N–H and O–H groups in total. The van der Waals surface area contributed by atoms with Crippen molar-refractivity contribution in [1.29, 1.82) is 0 Å². The molecule has 0 saturated carbocycles. The number of nitrogens with zero attached hydrogens (tertiary/aromatic N) is 1. The molecule has 2 aromatic rings. The minimum Gasteiger partial charge on any atom is -0.452 e. The van der Waals surface area contributed by atoms with Gasteiger partial charge < -0.3 is 15.0 Å². The van der Waals surface area contributed by atoms with Crippen LogP contribution >= 0.6 is 22.9 Å². The number of hydrogen-bond acceptors (Lipinski definition) is 5. The van der Waals surface area contributed by atoms with Crippen molar-refractivity contribution >= 4 is 46.4 Å². The molecule has 0 saturated heterocycles. The van der Waals surface area contributed by atoms with E-state index in [1.165, 1.54) is 34.4 Å². The molecule has 24 heavy (non-hydrogen) atoms. The number of thiophene rings is 1. The summed E-state index contributed by atoms with van der Waals surface area (Å²) in [5.41, 5.74) is 0.346. The summed E-state index contributed by atoms with van der Waals surface area (Å²) in [7, 11) is 3.12. The second-order valence-electron chi connectivity index (χ2n) is 4.99. The van der Waals surface area contributed by atoms with E-state index < -0.39 is 5.97 Å². The highest BCUT2D eigenvalue weighted by Gasteiger charge is 2.18. The summed E-state index contributed by atoms with van der Waals surface area (Å²) in [6.07, 6.45) is 0. The molecule has 0 aliphatic carbocycles. The third kappa shape index (κ3) is 4.56. The topological polar surface area (TPSA) is 75.7 Å². The summed E-state index contributed by atoms with van der Waals surface area (Å²) in [6.45, 7) is -0.382. The first-order chi connectivity index (χ1) is 11.4. The van der Waals surface area contributed by atoms with Crippen LogP contribution in [-0.2, 0) is 9.53 Å². The maximum Gasteiger partial charge on any atom is 0.340 e. The first-order valence-electron chi connectivity index (χ1n) is 6.90. The van der Waals surface area contributed by atoms with Gasteiger partial charge in [0.05, 0.1) is 16.1 Å². The van der Waals surface area contributed by atoms with Crippen LogP contribution in [0.25, 0.3) is 0 Å². The van der Waals surface area contributed by atoms with Crippen LogP contribution in [0.4, 0.5) is 5.69 Å². The fourth-order valence-electron chi connectivity index (χ4n) is 1.72. The minimum absolute atomic E-state index is 0.121. The van der Waals surface area contributed by atoms with E-state index in [1.807, 2.05) is 0 Å². The maximum atomic E-state index is 12.2. The Morgan fingerprint density at radius 2 is 2.00 bits per heavy atom. The Bertz CT molecular complexity index is 759. The first-order valence-corrected chi connectivity index (χ1v) is 8.16. The van der Waals surface area contributed by atoms with Crippen LogP contribution in [-0.4, -0.2) is 43.4 Å². The molecule has 0 atom stereocenters. The van der Waals surface area contributed by atoms with Gasteiger partial charge in [-0.15, -0.1) is 11.3 Å². The van der Waals surface area contributed by atoms with Gasteiger partial charge in [0.1, 0.15) is 0 Å². The highest BCUT2D eigenvalue weighted by molar-refractivity contribution is 7.12. The summed E-state index contributed by atoms with van der Waals surface area (Å²) < 4.78 is 4.98. The number of ether oxygens (including phenoxy) is 1. The van der Waals surface area contributed by atoms with Crippen LogP contribution in [0.15, 0.2) is 35.7 Å². The van der Waals surface area contributed by atoms with Gasteiger partial charge in [-0.25, -0.2) is 4.79 Å². The summed E-state index contributed by atoms with van der Waals surface area (Å²) in [4.78, 5) is 37.7. The van der Waals surface area contributed by atoms with Crippen molar-refractivity contribution in [2.45, 2.75) is 0 Å². The molecule has 1 heterocycles. The van der Waals surface area contributed by atoms with Crippen LogP contribution < -0.4 is 5.32 Å². The number of carbonyl (C=O) groups excluding carboxylic acids is 3. The van der Waals surface area contributed by atoms with E-state index in [0.29, 0.717) is 9.90 Å². The average molecular weight is 367 g/mol. The lowest BCUT2D eigenvalue weighted by molar-refractivity contribution is -0.131. The van der Waals surface area contributed by atoms with Gasteiger partial charge in [0.15, 0.2) is 6.61 Å². The normalized spacial score (nSPS) is 10.1. The predicted molar refractivity (Wildman–Crippen MR) is 92.7 cm³/mol. The molecule has 126 valence electrons. The Kier molecular flexibility index (Phi) is 5.94. The Morgan fingerprint density at radius 3 is 2.62 bits per heavy atom. The van der Waals surface area contributed by atoms with Crippen molar-refractivity contribution in [3.8, 4) is 0 Å². The smallest absolute Gasteiger partial charge is 0.340 e. The van der Waals surface area contributed by atoms with Crippen molar-refractivity contribution < 1.29 is 19.1 Å². The lowest BCUT2D eigenvalue weighted by Crippen LogP contribution is -2.27. The molecule has 1 aromatic carbocycles. The van der Waals surface area contributed by atoms with E-state index in [4.69, 9.17) is 16.3 Å². The van der Waals surface area contributed by atoms with E-state index in [0.717, 1.165) is 0 Å². The third-order valence-corrected chi connectivity index (χ3v) is 4.12. The zero-order valence-electron chi connectivity index (χ0n) is 13.0. The van der Waals surface area contributed by atoms with Gasteiger partial charge in [0, 0.05) is 19.1 Å². The number of nitrogens with one attached hydrogen (secondary N) is 1. The molecular formula is C16H15ClN2O4S. The highest BCUT2D eigenvalue weighted by atomic mass is 35.5. The molecule has 0 aliphatic heterocycles. The van der Waals surface area contributed by atoms with Gasteiger partial charge in [0.2, 0.25) is 0 Å². The van der Waals surface area contributed by atoms with Crippen LogP contribution in [0.3, 0.4) is 0 Å². The van der Waals surface area contributed by atoms with Gasteiger partial charge in [0.25, 0.3) is 11.8 Å². The van der Waals surface area contributed by atoms with E-state index in [1.54, 1.807) is 31.6 Å². The molecule has 2 rings (SSSR count). The highest BCUT2D eigenvalue weighted by Crippen LogP contribution is 2.23. The fraction of sp³-hybridized carbons (Fsp3) is 0.188. The fourth-order valence-corrected chi connectivity index (χ4v) is 2.51. The van der Waals surface area contributed by atoms with E-state index in [9.17, 15) is 14.4 Å². The Morgan fingerprint density at radius 1 is 1.25 bits per heavy atom. The van der Waals surface area contributed by atoms with E-state index >= 15 is 0 Å². The number of rotatable bonds is 5. The van der Waals surface area contributed by atoms with Crippen molar-refractivity contribution in [2.75, 3.05) is 26.0 Å². The number of amides is 2. The van der Waals surface area contributed by atoms with Crippen LogP contribution in [0.1, 0.15) is 20.0 Å². The molecule has 0 spiro atoms. The minimum atomic E-state index is -0.719. The Labute approximate surface area is 148 Å². The summed E-state index contributed by atoms with van der Waals surface area (Å²) in [5, 5.41) is 4.77. The quantitative estimate of drug-likeness (QED) is 0.825. The molecule has 0 fully saturated rings. The molecule has 0 aliphatic rings. The maximum absolute atomic E-state index is 12.2. The SMILES string of the molecule is CN(C)C(=O)COC(=O)c1ccc(Cl)cc1NC(=O)c1cccs1. The van der Waals surface area contributed by atoms with Gasteiger partial charge >= 0.3 is 5.97 Å². The zero-order valence-corrected chi connectivity index (χ0v) is 14.6. The standard InChI is InChI=1S/C16H15ClN2O4S/c1-19(2)14(20)9-23-16(22)11-6-5-10(17)8-12(11)18-15(21)13-4-3-7-24-13/h3-8H,9H2,1-2H3,(H,18,21). The van der Waals surface area contributed by atoms with E-state index in [-0.39, 0.29) is 29.7 Å². The number of esters is 1. The lowest BCUT2D eigenvalue weighted by atomic mass is 10.1. The molecule has 6 nitrogen and oxygen atoms in total. The number of likely N-dealkylation sites (N-methyl/N-ethyl adjacent to an activating group) is 1. The van der Waals surface area contributed by atoms with Crippen molar-refractivity contribution in [1.82, 2.24) is 4.90 Å². The van der Waals surface area contributed by atoms with Gasteiger partial charge in [-0.05, 0) is 29.6 Å². The Balaban J connectivity index is 2.16. The average Bonchev–Trinajstić information content (AvgIpc) is 3.06. The predicted octanol–water partition coefficient (Wildman–Crippen LogP) is 2.90. The largest absolute Gasteiger partial charge is 0.452 e. The number of hydrogen-bond donors (Lipinski definition) is 1. The number of carbonyl (C=O) groups is 3. The second kappa shape index (κ2) is 7.94. The molecule has 0 unspecified atom stereocenters. The van der Waals surface area contributed by atoms with Crippen molar-refractivity contribution in [2.24, 2.45) is 0 Å². The van der Waals surface area contributed by atoms with Gasteiger partial charge in [-0.3, -0.25) is 9.59 Å². The van der Waals surface area contributed by atoms with Crippen LogP contribution in [0, 0.1) is 0 Å². The van der Waals surface area contributed by atoms with E-state index in [2.05, 4.69) is 5.32 Å². The summed E-state index contributed by atoms with van der Waals surface area (Å²) >= 11 is 7.21. The second-order valence-corrected chi connectivity index (χ2v) is 6.37. The molecule has 2 amide bonds. The van der Waals surface area contributed by atoms with Crippen molar-refractivity contribution in [3.05, 3.63) is 51.2 Å². The molecular weight excluding hydrogens is 352 g/mol. The van der Waals surface area contributed by atoms with Crippen LogP contribution in [0.2, 0.25) is 5.02 Å². The zero-order chi connectivity index (χ0) is 17.7. The summed E-state index contributed by atoms with van der Waals surface area (Å²) in [6, 6.07) is 7.82. The number of halogens is 1. The van der Waals surface area contributed by atoms with Gasteiger partial charge in [-0.1, -0.05) is 17.7 Å². The monoisotopic (exact) mass is 366 g/mol. The number of benzene rings is 1. The summed E-state index contributed by atoms with van der Waals surface area (Å²) in [5.74, 6) is -1.42. The molecule has 0 bridgehead atoms. The van der Waals surface area contributed by atoms with Crippen molar-refractivity contribution in [3.63, 3.8) is 0 Å². The molecule has 1 aromatic heterocycles. The van der Waals surface area contributed by atoms with Crippen LogP contribution in [0.5, 0.6) is 0 Å². The third-order valence-electron chi connectivity index (χ3n) is 3.02. The lowest BCUT2D eigenvalue weighted by Gasteiger charge is -2.13. The molecule has 8 heteroatoms. The van der Waals surface area contributed by atoms with Gasteiger partial charge in [-0.2, -0.15) is 0 Å². The molecule has 0 radical (unpaired) electrons.